The van der Waals surface area contributed by atoms with Crippen LogP contribution >= 0.6 is 34.7 Å². The number of aromatic nitrogens is 3. The Morgan fingerprint density at radius 2 is 1.93 bits per heavy atom. The highest BCUT2D eigenvalue weighted by atomic mass is 35.5. The molecule has 2 aromatic carbocycles. The average Bonchev–Trinajstić information content (AvgIpc) is 3.22. The lowest BCUT2D eigenvalue weighted by atomic mass is 10.1. The number of benzene rings is 2. The summed E-state index contributed by atoms with van der Waals surface area (Å²) in [5.74, 6) is 1.14. The van der Waals surface area contributed by atoms with Gasteiger partial charge in [0.05, 0.1) is 23.5 Å². The number of rotatable bonds is 7. The van der Waals surface area contributed by atoms with E-state index in [9.17, 15) is 4.39 Å². The molecule has 0 saturated heterocycles. The van der Waals surface area contributed by atoms with Crippen molar-refractivity contribution in [2.75, 3.05) is 7.11 Å². The maximum Gasteiger partial charge on any atom is 0.188 e. The van der Waals surface area contributed by atoms with Crippen molar-refractivity contribution in [1.29, 1.82) is 0 Å². The Labute approximate surface area is 187 Å². The number of methoxy groups -OCH3 is 1. The van der Waals surface area contributed by atoms with Crippen molar-refractivity contribution in [1.82, 2.24) is 15.0 Å². The predicted octanol–water partition coefficient (Wildman–Crippen LogP) is 6.28. The molecular formula is C22H17ClFN3OS2. The van der Waals surface area contributed by atoms with Crippen LogP contribution in [0.3, 0.4) is 0 Å². The van der Waals surface area contributed by atoms with Crippen molar-refractivity contribution in [2.24, 2.45) is 0 Å². The molecule has 0 spiro atoms. The molecule has 8 heteroatoms. The van der Waals surface area contributed by atoms with E-state index in [0.29, 0.717) is 22.4 Å². The fraction of sp³-hybridized carbons (Fsp3) is 0.136. The molecule has 0 aliphatic heterocycles. The van der Waals surface area contributed by atoms with Gasteiger partial charge in [-0.3, -0.25) is 0 Å². The number of thioether (sulfide) groups is 1. The molecular weight excluding hydrogens is 441 g/mol. The normalized spacial score (nSPS) is 10.9. The van der Waals surface area contributed by atoms with E-state index in [2.05, 4.69) is 15.0 Å². The van der Waals surface area contributed by atoms with Crippen molar-refractivity contribution in [3.8, 4) is 17.0 Å². The number of halogens is 2. The third kappa shape index (κ3) is 5.16. The van der Waals surface area contributed by atoms with Crippen LogP contribution in [0.4, 0.5) is 4.39 Å². The predicted molar refractivity (Wildman–Crippen MR) is 120 cm³/mol. The second-order valence-electron chi connectivity index (χ2n) is 6.39. The zero-order valence-corrected chi connectivity index (χ0v) is 18.4. The summed E-state index contributed by atoms with van der Waals surface area (Å²) >= 11 is 9.22. The zero-order valence-electron chi connectivity index (χ0n) is 16.0. The Kier molecular flexibility index (Phi) is 6.62. The topological polar surface area (TPSA) is 47.9 Å². The number of thiazole rings is 1. The van der Waals surface area contributed by atoms with Gasteiger partial charge in [-0.25, -0.2) is 19.3 Å². The van der Waals surface area contributed by atoms with Gasteiger partial charge in [-0.2, -0.15) is 0 Å². The minimum absolute atomic E-state index is 0.336. The molecule has 0 unspecified atom stereocenters. The first-order chi connectivity index (χ1) is 14.6. The monoisotopic (exact) mass is 457 g/mol. The van der Waals surface area contributed by atoms with Crippen LogP contribution in [-0.4, -0.2) is 22.1 Å². The first-order valence-electron chi connectivity index (χ1n) is 9.08. The molecule has 2 aromatic heterocycles. The van der Waals surface area contributed by atoms with Crippen LogP contribution in [0.1, 0.15) is 16.3 Å². The minimum Gasteiger partial charge on any atom is -0.497 e. The molecule has 0 N–H and O–H groups in total. The van der Waals surface area contributed by atoms with Crippen LogP contribution in [-0.2, 0) is 12.2 Å². The minimum atomic E-state index is -0.336. The molecule has 4 aromatic rings. The van der Waals surface area contributed by atoms with Gasteiger partial charge in [0.1, 0.15) is 11.6 Å². The van der Waals surface area contributed by atoms with Crippen LogP contribution in [0.5, 0.6) is 5.75 Å². The lowest BCUT2D eigenvalue weighted by Crippen LogP contribution is -1.92. The molecule has 152 valence electrons. The smallest absolute Gasteiger partial charge is 0.188 e. The largest absolute Gasteiger partial charge is 0.497 e. The van der Waals surface area contributed by atoms with E-state index in [-0.39, 0.29) is 5.82 Å². The van der Waals surface area contributed by atoms with Crippen LogP contribution in [0.25, 0.3) is 11.3 Å². The first kappa shape index (κ1) is 20.8. The van der Waals surface area contributed by atoms with Crippen molar-refractivity contribution < 1.29 is 9.13 Å². The van der Waals surface area contributed by atoms with E-state index in [1.807, 2.05) is 35.7 Å². The SMILES string of the molecule is COc1ccc(-c2ccnc(SCc3csc(Cc4ccc(F)cc4Cl)n3)n2)cc1. The van der Waals surface area contributed by atoms with Gasteiger partial charge in [-0.1, -0.05) is 29.4 Å². The van der Waals surface area contributed by atoms with Gasteiger partial charge in [-0.05, 0) is 48.0 Å². The summed E-state index contributed by atoms with van der Waals surface area (Å²) in [6.07, 6.45) is 2.34. The number of ether oxygens (including phenoxy) is 1. The highest BCUT2D eigenvalue weighted by Gasteiger charge is 2.09. The van der Waals surface area contributed by atoms with Gasteiger partial charge in [-0.15, -0.1) is 11.3 Å². The second kappa shape index (κ2) is 9.55. The summed E-state index contributed by atoms with van der Waals surface area (Å²) in [6.45, 7) is 0. The zero-order chi connectivity index (χ0) is 20.9. The second-order valence-corrected chi connectivity index (χ2v) is 8.68. The first-order valence-corrected chi connectivity index (χ1v) is 11.3. The molecule has 0 saturated carbocycles. The Balaban J connectivity index is 1.40. The molecule has 0 aliphatic carbocycles. The molecule has 0 aliphatic rings. The third-order valence-corrected chi connectivity index (χ3v) is 6.47. The molecule has 4 rings (SSSR count). The maximum absolute atomic E-state index is 13.2. The summed E-state index contributed by atoms with van der Waals surface area (Å²) in [4.78, 5) is 13.7. The number of nitrogens with zero attached hydrogens (tertiary/aromatic N) is 3. The fourth-order valence-electron chi connectivity index (χ4n) is 2.80. The van der Waals surface area contributed by atoms with Gasteiger partial charge < -0.3 is 4.74 Å². The molecule has 30 heavy (non-hydrogen) atoms. The van der Waals surface area contributed by atoms with E-state index in [1.165, 1.54) is 23.9 Å². The summed E-state index contributed by atoms with van der Waals surface area (Å²) in [7, 11) is 1.65. The van der Waals surface area contributed by atoms with Crippen molar-refractivity contribution in [3.63, 3.8) is 0 Å². The number of hydrogen-bond acceptors (Lipinski definition) is 6. The molecule has 4 nitrogen and oxygen atoms in total. The van der Waals surface area contributed by atoms with E-state index >= 15 is 0 Å². The quantitative estimate of drug-likeness (QED) is 0.241. The van der Waals surface area contributed by atoms with Gasteiger partial charge >= 0.3 is 0 Å². The van der Waals surface area contributed by atoms with E-state index < -0.39 is 0 Å². The van der Waals surface area contributed by atoms with Crippen molar-refractivity contribution >= 4 is 34.7 Å². The Morgan fingerprint density at radius 1 is 1.10 bits per heavy atom. The van der Waals surface area contributed by atoms with Crippen LogP contribution in [0.2, 0.25) is 5.02 Å². The molecule has 0 bridgehead atoms. The summed E-state index contributed by atoms with van der Waals surface area (Å²) < 4.78 is 18.4. The van der Waals surface area contributed by atoms with Gasteiger partial charge in [0, 0.05) is 34.3 Å². The fourth-order valence-corrected chi connectivity index (χ4v) is 4.68. The molecule has 0 radical (unpaired) electrons. The standard InChI is InChI=1S/C22H17ClFN3OS2/c1-28-18-6-3-14(4-7-18)20-8-9-25-22(27-20)30-13-17-12-29-21(26-17)10-15-2-5-16(24)11-19(15)23/h2-9,11-12H,10,13H2,1H3. The summed E-state index contributed by atoms with van der Waals surface area (Å²) in [5.41, 5.74) is 3.69. The van der Waals surface area contributed by atoms with Gasteiger partial charge in [0.25, 0.3) is 0 Å². The van der Waals surface area contributed by atoms with Gasteiger partial charge in [0.2, 0.25) is 0 Å². The lowest BCUT2D eigenvalue weighted by Gasteiger charge is -2.05. The molecule has 0 fully saturated rings. The van der Waals surface area contributed by atoms with Crippen molar-refractivity contribution in [2.45, 2.75) is 17.3 Å². The molecule has 0 amide bonds. The van der Waals surface area contributed by atoms with E-state index in [1.54, 1.807) is 30.7 Å². The lowest BCUT2D eigenvalue weighted by molar-refractivity contribution is 0.415. The van der Waals surface area contributed by atoms with Gasteiger partial charge in [0.15, 0.2) is 5.16 Å². The average molecular weight is 458 g/mol. The molecule has 0 atom stereocenters. The summed E-state index contributed by atoms with van der Waals surface area (Å²) in [5, 5.41) is 4.07. The van der Waals surface area contributed by atoms with Crippen LogP contribution < -0.4 is 4.74 Å². The summed E-state index contributed by atoms with van der Waals surface area (Å²) in [6, 6.07) is 14.1. The van der Waals surface area contributed by atoms with E-state index in [4.69, 9.17) is 16.3 Å². The number of hydrogen-bond donors (Lipinski definition) is 0. The van der Waals surface area contributed by atoms with Crippen molar-refractivity contribution in [3.05, 3.63) is 87.2 Å². The van der Waals surface area contributed by atoms with Crippen LogP contribution in [0, 0.1) is 5.82 Å². The molecule has 2 heterocycles. The maximum atomic E-state index is 13.2. The Morgan fingerprint density at radius 3 is 2.70 bits per heavy atom. The third-order valence-electron chi connectivity index (χ3n) is 4.32. The van der Waals surface area contributed by atoms with E-state index in [0.717, 1.165) is 33.3 Å². The van der Waals surface area contributed by atoms with Crippen LogP contribution in [0.15, 0.2) is 65.3 Å². The highest BCUT2D eigenvalue weighted by Crippen LogP contribution is 2.26. The Bertz CT molecular complexity index is 1150. The Hall–Kier alpha value is -2.48. The highest BCUT2D eigenvalue weighted by molar-refractivity contribution is 7.98.